The Hall–Kier alpha value is -1.25. The lowest BCUT2D eigenvalue weighted by Gasteiger charge is -1.95. The number of furan rings is 1. The van der Waals surface area contributed by atoms with Gasteiger partial charge < -0.3 is 9.15 Å². The molecule has 12 heavy (non-hydrogen) atoms. The Morgan fingerprint density at radius 1 is 1.58 bits per heavy atom. The SMILES string of the molecule is CCOC(=O)c1coc(CC)c1. The summed E-state index contributed by atoms with van der Waals surface area (Å²) in [6.45, 7) is 4.14. The number of hydrogen-bond donors (Lipinski definition) is 0. The van der Waals surface area contributed by atoms with Gasteiger partial charge in [-0.05, 0) is 13.0 Å². The Bertz CT molecular complexity index is 262. The summed E-state index contributed by atoms with van der Waals surface area (Å²) in [5, 5.41) is 0. The van der Waals surface area contributed by atoms with Gasteiger partial charge >= 0.3 is 5.97 Å². The van der Waals surface area contributed by atoms with Gasteiger partial charge in [0, 0.05) is 6.42 Å². The van der Waals surface area contributed by atoms with Crippen molar-refractivity contribution in [3.8, 4) is 0 Å². The minimum atomic E-state index is -0.319. The van der Waals surface area contributed by atoms with E-state index >= 15 is 0 Å². The molecule has 0 amide bonds. The van der Waals surface area contributed by atoms with E-state index in [0.29, 0.717) is 12.2 Å². The van der Waals surface area contributed by atoms with Crippen LogP contribution < -0.4 is 0 Å². The van der Waals surface area contributed by atoms with Gasteiger partial charge in [-0.1, -0.05) is 6.92 Å². The molecule has 3 nitrogen and oxygen atoms in total. The Morgan fingerprint density at radius 2 is 2.33 bits per heavy atom. The highest BCUT2D eigenvalue weighted by Crippen LogP contribution is 2.09. The molecular weight excluding hydrogens is 156 g/mol. The number of ether oxygens (including phenoxy) is 1. The van der Waals surface area contributed by atoms with Crippen molar-refractivity contribution in [3.63, 3.8) is 0 Å². The Labute approximate surface area is 71.3 Å². The molecule has 0 fully saturated rings. The molecule has 0 aliphatic carbocycles. The zero-order valence-electron chi connectivity index (χ0n) is 7.29. The molecule has 0 N–H and O–H groups in total. The zero-order valence-corrected chi connectivity index (χ0v) is 7.29. The molecule has 1 rings (SSSR count). The Morgan fingerprint density at radius 3 is 2.83 bits per heavy atom. The van der Waals surface area contributed by atoms with Crippen LogP contribution in [0.15, 0.2) is 16.7 Å². The molecule has 1 aromatic rings. The van der Waals surface area contributed by atoms with E-state index in [9.17, 15) is 4.79 Å². The first-order chi connectivity index (χ1) is 5.77. The second-order valence-corrected chi connectivity index (χ2v) is 2.38. The van der Waals surface area contributed by atoms with E-state index < -0.39 is 0 Å². The van der Waals surface area contributed by atoms with Crippen LogP contribution in [0.3, 0.4) is 0 Å². The molecule has 0 aliphatic rings. The van der Waals surface area contributed by atoms with Crippen LogP contribution >= 0.6 is 0 Å². The van der Waals surface area contributed by atoms with E-state index in [1.54, 1.807) is 13.0 Å². The number of rotatable bonds is 3. The lowest BCUT2D eigenvalue weighted by atomic mass is 10.3. The lowest BCUT2D eigenvalue weighted by molar-refractivity contribution is 0.0525. The Balaban J connectivity index is 2.68. The fourth-order valence-corrected chi connectivity index (χ4v) is 0.888. The van der Waals surface area contributed by atoms with E-state index in [2.05, 4.69) is 0 Å². The number of carbonyl (C=O) groups is 1. The Kier molecular flexibility index (Phi) is 2.91. The lowest BCUT2D eigenvalue weighted by Crippen LogP contribution is -2.02. The summed E-state index contributed by atoms with van der Waals surface area (Å²) >= 11 is 0. The maximum Gasteiger partial charge on any atom is 0.341 e. The van der Waals surface area contributed by atoms with E-state index in [4.69, 9.17) is 9.15 Å². The number of esters is 1. The van der Waals surface area contributed by atoms with Crippen molar-refractivity contribution < 1.29 is 13.9 Å². The monoisotopic (exact) mass is 168 g/mol. The van der Waals surface area contributed by atoms with Crippen LogP contribution in [0.1, 0.15) is 30.0 Å². The van der Waals surface area contributed by atoms with E-state index in [1.807, 2.05) is 6.92 Å². The predicted molar refractivity (Wildman–Crippen MR) is 44.0 cm³/mol. The number of aryl methyl sites for hydroxylation is 1. The third-order valence-electron chi connectivity index (χ3n) is 1.51. The van der Waals surface area contributed by atoms with Gasteiger partial charge in [0.15, 0.2) is 0 Å². The first-order valence-corrected chi connectivity index (χ1v) is 4.02. The molecule has 0 spiro atoms. The summed E-state index contributed by atoms with van der Waals surface area (Å²) in [6.07, 6.45) is 2.22. The van der Waals surface area contributed by atoms with Crippen LogP contribution in [0.25, 0.3) is 0 Å². The third kappa shape index (κ3) is 1.87. The van der Waals surface area contributed by atoms with Crippen molar-refractivity contribution in [2.24, 2.45) is 0 Å². The molecule has 0 radical (unpaired) electrons. The molecule has 0 saturated heterocycles. The molecule has 3 heteroatoms. The normalized spacial score (nSPS) is 9.83. The van der Waals surface area contributed by atoms with Gasteiger partial charge in [0.25, 0.3) is 0 Å². The summed E-state index contributed by atoms with van der Waals surface area (Å²) < 4.78 is 9.87. The van der Waals surface area contributed by atoms with Gasteiger partial charge in [0.05, 0.1) is 12.2 Å². The third-order valence-corrected chi connectivity index (χ3v) is 1.51. The first kappa shape index (κ1) is 8.84. The van der Waals surface area contributed by atoms with Gasteiger partial charge in [0.2, 0.25) is 0 Å². The van der Waals surface area contributed by atoms with E-state index in [0.717, 1.165) is 12.2 Å². The number of carbonyl (C=O) groups excluding carboxylic acids is 1. The highest BCUT2D eigenvalue weighted by molar-refractivity contribution is 5.89. The largest absolute Gasteiger partial charge is 0.468 e. The summed E-state index contributed by atoms with van der Waals surface area (Å²) in [5.74, 6) is 0.485. The minimum absolute atomic E-state index is 0.319. The number of hydrogen-bond acceptors (Lipinski definition) is 3. The molecule has 0 aliphatic heterocycles. The average Bonchev–Trinajstić information content (AvgIpc) is 2.52. The highest BCUT2D eigenvalue weighted by Gasteiger charge is 2.09. The molecule has 0 unspecified atom stereocenters. The van der Waals surface area contributed by atoms with Crippen LogP contribution in [0.2, 0.25) is 0 Å². The topological polar surface area (TPSA) is 39.4 Å². The van der Waals surface area contributed by atoms with Crippen LogP contribution in [-0.4, -0.2) is 12.6 Å². The first-order valence-electron chi connectivity index (χ1n) is 4.02. The maximum absolute atomic E-state index is 11.1. The fraction of sp³-hybridized carbons (Fsp3) is 0.444. The summed E-state index contributed by atoms with van der Waals surface area (Å²) in [4.78, 5) is 11.1. The molecule has 0 saturated carbocycles. The summed E-state index contributed by atoms with van der Waals surface area (Å²) in [7, 11) is 0. The van der Waals surface area contributed by atoms with Gasteiger partial charge in [0.1, 0.15) is 12.0 Å². The summed E-state index contributed by atoms with van der Waals surface area (Å²) in [5.41, 5.74) is 0.494. The summed E-state index contributed by atoms with van der Waals surface area (Å²) in [6, 6.07) is 1.71. The maximum atomic E-state index is 11.1. The second kappa shape index (κ2) is 3.95. The highest BCUT2D eigenvalue weighted by atomic mass is 16.5. The van der Waals surface area contributed by atoms with E-state index in [1.165, 1.54) is 6.26 Å². The van der Waals surface area contributed by atoms with Crippen molar-refractivity contribution in [1.29, 1.82) is 0 Å². The second-order valence-electron chi connectivity index (χ2n) is 2.38. The van der Waals surface area contributed by atoms with Crippen LogP contribution in [0.4, 0.5) is 0 Å². The van der Waals surface area contributed by atoms with Gasteiger partial charge in [-0.3, -0.25) is 0 Å². The molecule has 66 valence electrons. The molecule has 0 atom stereocenters. The standard InChI is InChI=1S/C9H12O3/c1-3-8-5-7(6-12-8)9(10)11-4-2/h5-6H,3-4H2,1-2H3. The van der Waals surface area contributed by atoms with Crippen molar-refractivity contribution in [2.45, 2.75) is 20.3 Å². The molecular formula is C9H12O3. The fourth-order valence-electron chi connectivity index (χ4n) is 0.888. The smallest absolute Gasteiger partial charge is 0.341 e. The van der Waals surface area contributed by atoms with Gasteiger partial charge in [-0.2, -0.15) is 0 Å². The van der Waals surface area contributed by atoms with Crippen LogP contribution in [0.5, 0.6) is 0 Å². The van der Waals surface area contributed by atoms with E-state index in [-0.39, 0.29) is 5.97 Å². The molecule has 0 bridgehead atoms. The van der Waals surface area contributed by atoms with Crippen LogP contribution in [-0.2, 0) is 11.2 Å². The van der Waals surface area contributed by atoms with Crippen molar-refractivity contribution >= 4 is 5.97 Å². The van der Waals surface area contributed by atoms with Crippen molar-refractivity contribution in [3.05, 3.63) is 23.7 Å². The van der Waals surface area contributed by atoms with Gasteiger partial charge in [-0.25, -0.2) is 4.79 Å². The predicted octanol–water partition coefficient (Wildman–Crippen LogP) is 2.02. The molecule has 0 aromatic carbocycles. The average molecular weight is 168 g/mol. The molecule has 1 aromatic heterocycles. The van der Waals surface area contributed by atoms with Crippen molar-refractivity contribution in [2.75, 3.05) is 6.61 Å². The van der Waals surface area contributed by atoms with Crippen molar-refractivity contribution in [1.82, 2.24) is 0 Å². The quantitative estimate of drug-likeness (QED) is 0.648. The molecule has 1 heterocycles. The minimum Gasteiger partial charge on any atom is -0.468 e. The zero-order chi connectivity index (χ0) is 8.97. The van der Waals surface area contributed by atoms with Crippen LogP contribution in [0, 0.1) is 0 Å². The van der Waals surface area contributed by atoms with Gasteiger partial charge in [-0.15, -0.1) is 0 Å².